The first-order chi connectivity index (χ1) is 16.0. The van der Waals surface area contributed by atoms with E-state index in [4.69, 9.17) is 0 Å². The summed E-state index contributed by atoms with van der Waals surface area (Å²) >= 11 is 0. The molecule has 6 heteroatoms. The summed E-state index contributed by atoms with van der Waals surface area (Å²) in [5.41, 5.74) is 3.38. The maximum atomic E-state index is 13.4. The molecule has 3 aromatic carbocycles. The van der Waals surface area contributed by atoms with Gasteiger partial charge in [-0.2, -0.15) is 0 Å². The van der Waals surface area contributed by atoms with Crippen molar-refractivity contribution in [1.82, 2.24) is 9.21 Å². The van der Waals surface area contributed by atoms with Crippen LogP contribution in [0.2, 0.25) is 0 Å². The van der Waals surface area contributed by atoms with Crippen LogP contribution in [0.1, 0.15) is 46.3 Å². The van der Waals surface area contributed by atoms with Crippen molar-refractivity contribution in [3.05, 3.63) is 107 Å². The number of carbonyl (C=O) groups is 1. The molecule has 33 heavy (non-hydrogen) atoms. The molecule has 4 rings (SSSR count). The number of rotatable bonds is 8. The molecule has 1 heterocycles. The Morgan fingerprint density at radius 1 is 0.697 bits per heavy atom. The lowest BCUT2D eigenvalue weighted by molar-refractivity contribution is 0.0730. The van der Waals surface area contributed by atoms with Crippen molar-refractivity contribution in [3.63, 3.8) is 0 Å². The Morgan fingerprint density at radius 3 is 1.73 bits per heavy atom. The van der Waals surface area contributed by atoms with Crippen LogP contribution in [0.25, 0.3) is 0 Å². The molecule has 0 saturated carbocycles. The molecule has 3 aromatic rings. The Hall–Kier alpha value is -2.96. The quantitative estimate of drug-likeness (QED) is 0.481. The van der Waals surface area contributed by atoms with Crippen LogP contribution in [0.3, 0.4) is 0 Å². The van der Waals surface area contributed by atoms with Gasteiger partial charge in [-0.1, -0.05) is 79.2 Å². The second kappa shape index (κ2) is 10.8. The van der Waals surface area contributed by atoms with Gasteiger partial charge in [0, 0.05) is 31.7 Å². The number of nitrogens with zero attached hydrogens (tertiary/aromatic N) is 2. The molecule has 1 aliphatic rings. The van der Waals surface area contributed by atoms with E-state index in [1.54, 1.807) is 28.6 Å². The number of benzene rings is 3. The van der Waals surface area contributed by atoms with Gasteiger partial charge in [0.25, 0.3) is 5.91 Å². The van der Waals surface area contributed by atoms with Crippen molar-refractivity contribution in [2.24, 2.45) is 0 Å². The van der Waals surface area contributed by atoms with E-state index in [0.29, 0.717) is 37.3 Å². The first-order valence-corrected chi connectivity index (χ1v) is 13.1. The Bertz CT molecular complexity index is 1100. The molecule has 1 saturated heterocycles. The molecule has 0 aromatic heterocycles. The standard InChI is InChI=1S/C27H30N2O3S/c30-27(28(20-23-10-4-1-5-11-23)21-24-12-6-2-7-13-24)26-16-14-25(15-17-26)22-33(31,32)29-18-8-3-9-19-29/h1-2,4-7,10-17H,3,8-9,18-22H2. The molecule has 5 nitrogen and oxygen atoms in total. The number of amides is 1. The first-order valence-electron chi connectivity index (χ1n) is 11.5. The van der Waals surface area contributed by atoms with Gasteiger partial charge < -0.3 is 4.90 Å². The van der Waals surface area contributed by atoms with Gasteiger partial charge >= 0.3 is 0 Å². The Labute approximate surface area is 196 Å². The zero-order valence-electron chi connectivity index (χ0n) is 18.8. The van der Waals surface area contributed by atoms with Crippen LogP contribution in [0.15, 0.2) is 84.9 Å². The number of carbonyl (C=O) groups excluding carboxylic acids is 1. The van der Waals surface area contributed by atoms with Crippen molar-refractivity contribution in [1.29, 1.82) is 0 Å². The Kier molecular flexibility index (Phi) is 7.57. The molecule has 0 unspecified atom stereocenters. The normalized spacial score (nSPS) is 14.7. The minimum Gasteiger partial charge on any atom is -0.330 e. The predicted octanol–water partition coefficient (Wildman–Crippen LogP) is 4.84. The molecule has 0 radical (unpaired) electrons. The summed E-state index contributed by atoms with van der Waals surface area (Å²) in [6, 6.07) is 26.9. The molecule has 172 valence electrons. The average Bonchev–Trinajstić information content (AvgIpc) is 2.85. The molecular formula is C27H30N2O3S. The highest BCUT2D eigenvalue weighted by atomic mass is 32.2. The topological polar surface area (TPSA) is 57.7 Å². The van der Waals surface area contributed by atoms with Crippen molar-refractivity contribution in [2.75, 3.05) is 13.1 Å². The highest BCUT2D eigenvalue weighted by molar-refractivity contribution is 7.88. The van der Waals surface area contributed by atoms with E-state index in [1.807, 2.05) is 65.6 Å². The third kappa shape index (κ3) is 6.30. The smallest absolute Gasteiger partial charge is 0.254 e. The molecule has 0 aliphatic carbocycles. The maximum Gasteiger partial charge on any atom is 0.254 e. The molecule has 1 aliphatic heterocycles. The zero-order chi connectivity index (χ0) is 23.1. The molecule has 0 N–H and O–H groups in total. The molecule has 1 fully saturated rings. The van der Waals surface area contributed by atoms with Gasteiger partial charge in [-0.05, 0) is 41.7 Å². The Morgan fingerprint density at radius 2 is 1.21 bits per heavy atom. The first kappa shape index (κ1) is 23.2. The molecule has 0 atom stereocenters. The third-order valence-electron chi connectivity index (χ3n) is 5.98. The van der Waals surface area contributed by atoms with Crippen molar-refractivity contribution < 1.29 is 13.2 Å². The minimum absolute atomic E-state index is 0.0286. The van der Waals surface area contributed by atoms with Gasteiger partial charge in [-0.15, -0.1) is 0 Å². The van der Waals surface area contributed by atoms with Crippen LogP contribution >= 0.6 is 0 Å². The minimum atomic E-state index is -3.33. The van der Waals surface area contributed by atoms with Gasteiger partial charge in [0.15, 0.2) is 0 Å². The zero-order valence-corrected chi connectivity index (χ0v) is 19.6. The van der Waals surface area contributed by atoms with Gasteiger partial charge in [-0.3, -0.25) is 4.79 Å². The van der Waals surface area contributed by atoms with Crippen LogP contribution < -0.4 is 0 Å². The van der Waals surface area contributed by atoms with Crippen molar-refractivity contribution in [3.8, 4) is 0 Å². The summed E-state index contributed by atoms with van der Waals surface area (Å²) in [6.45, 7) is 2.21. The van der Waals surface area contributed by atoms with Gasteiger partial charge in [-0.25, -0.2) is 12.7 Å². The predicted molar refractivity (Wildman–Crippen MR) is 131 cm³/mol. The lowest BCUT2D eigenvalue weighted by atomic mass is 10.1. The van der Waals surface area contributed by atoms with E-state index >= 15 is 0 Å². The molecular weight excluding hydrogens is 432 g/mol. The van der Waals surface area contributed by atoms with Gasteiger partial charge in [0.05, 0.1) is 5.75 Å². The summed E-state index contributed by atoms with van der Waals surface area (Å²) < 4.78 is 27.1. The monoisotopic (exact) mass is 462 g/mol. The number of hydrogen-bond acceptors (Lipinski definition) is 3. The maximum absolute atomic E-state index is 13.4. The van der Waals surface area contributed by atoms with Crippen LogP contribution in [0.5, 0.6) is 0 Å². The third-order valence-corrected chi connectivity index (χ3v) is 7.83. The van der Waals surface area contributed by atoms with Gasteiger partial charge in [0.1, 0.15) is 0 Å². The SMILES string of the molecule is O=C(c1ccc(CS(=O)(=O)N2CCCCC2)cc1)N(Cc1ccccc1)Cc1ccccc1. The fraction of sp³-hybridized carbons (Fsp3) is 0.296. The summed E-state index contributed by atoms with van der Waals surface area (Å²) in [6.07, 6.45) is 2.93. The number of sulfonamides is 1. The second-order valence-electron chi connectivity index (χ2n) is 8.55. The Balaban J connectivity index is 1.49. The lowest BCUT2D eigenvalue weighted by Gasteiger charge is -2.26. The highest BCUT2D eigenvalue weighted by Crippen LogP contribution is 2.19. The summed E-state index contributed by atoms with van der Waals surface area (Å²) in [5, 5.41) is 0. The van der Waals surface area contributed by atoms with E-state index < -0.39 is 10.0 Å². The van der Waals surface area contributed by atoms with Crippen molar-refractivity contribution >= 4 is 15.9 Å². The second-order valence-corrected chi connectivity index (χ2v) is 10.5. The number of piperidine rings is 1. The van der Waals surface area contributed by atoms with Gasteiger partial charge in [0.2, 0.25) is 10.0 Å². The van der Waals surface area contributed by atoms with E-state index in [2.05, 4.69) is 0 Å². The van der Waals surface area contributed by atoms with Crippen LogP contribution in [0.4, 0.5) is 0 Å². The molecule has 0 spiro atoms. The molecule has 1 amide bonds. The van der Waals surface area contributed by atoms with E-state index in [9.17, 15) is 13.2 Å². The fourth-order valence-corrected chi connectivity index (χ4v) is 5.79. The van der Waals surface area contributed by atoms with Crippen LogP contribution in [-0.2, 0) is 28.9 Å². The molecule has 0 bridgehead atoms. The summed E-state index contributed by atoms with van der Waals surface area (Å²) in [5.74, 6) is -0.104. The number of hydrogen-bond donors (Lipinski definition) is 0. The highest BCUT2D eigenvalue weighted by Gasteiger charge is 2.24. The van der Waals surface area contributed by atoms with Crippen molar-refractivity contribution in [2.45, 2.75) is 38.1 Å². The summed E-state index contributed by atoms with van der Waals surface area (Å²) in [7, 11) is -3.33. The average molecular weight is 463 g/mol. The van der Waals surface area contributed by atoms with E-state index in [0.717, 1.165) is 30.4 Å². The van der Waals surface area contributed by atoms with Crippen LogP contribution in [-0.4, -0.2) is 36.6 Å². The van der Waals surface area contributed by atoms with Crippen LogP contribution in [0, 0.1) is 0 Å². The largest absolute Gasteiger partial charge is 0.330 e. The van der Waals surface area contributed by atoms with E-state index in [-0.39, 0.29) is 11.7 Å². The lowest BCUT2D eigenvalue weighted by Crippen LogP contribution is -2.36. The summed E-state index contributed by atoms with van der Waals surface area (Å²) in [4.78, 5) is 15.2. The van der Waals surface area contributed by atoms with E-state index in [1.165, 1.54) is 0 Å². The fourth-order valence-electron chi connectivity index (χ4n) is 4.18.